The number of carbonyl (C=O) groups is 3. The number of Topliss-reactive ketones (excluding diaryl/α,β-unsaturated/α-hetero) is 1. The minimum Gasteiger partial charge on any atom is -0.460 e. The van der Waals surface area contributed by atoms with Crippen LogP contribution in [0.25, 0.3) is 0 Å². The van der Waals surface area contributed by atoms with Crippen LogP contribution in [0.5, 0.6) is 0 Å². The Labute approximate surface area is 180 Å². The molecule has 0 spiro atoms. The van der Waals surface area contributed by atoms with Crippen LogP contribution in [0.1, 0.15) is 92.9 Å². The van der Waals surface area contributed by atoms with E-state index in [0.29, 0.717) is 11.8 Å². The van der Waals surface area contributed by atoms with Crippen LogP contribution < -0.4 is 0 Å². The minimum atomic E-state index is -0.689. The maximum atomic E-state index is 14.0. The molecule has 5 heteroatoms. The van der Waals surface area contributed by atoms with Gasteiger partial charge in [0.2, 0.25) is 0 Å². The summed E-state index contributed by atoms with van der Waals surface area (Å²) < 4.78 is 11.6. The lowest BCUT2D eigenvalue weighted by Gasteiger charge is -2.40. The van der Waals surface area contributed by atoms with Crippen molar-refractivity contribution in [3.05, 3.63) is 0 Å². The monoisotopic (exact) mass is 418 g/mol. The summed E-state index contributed by atoms with van der Waals surface area (Å²) in [5.74, 6) is -0.0589. The number of ether oxygens (including phenoxy) is 2. The average molecular weight is 419 g/mol. The van der Waals surface area contributed by atoms with E-state index in [-0.39, 0.29) is 29.6 Å². The molecule has 5 nitrogen and oxygen atoms in total. The van der Waals surface area contributed by atoms with E-state index < -0.39 is 22.0 Å². The fourth-order valence-corrected chi connectivity index (χ4v) is 6.95. The van der Waals surface area contributed by atoms with Gasteiger partial charge in [0.05, 0.1) is 10.8 Å². The smallest absolute Gasteiger partial charge is 0.313 e. The van der Waals surface area contributed by atoms with Crippen molar-refractivity contribution in [2.45, 2.75) is 104 Å². The predicted molar refractivity (Wildman–Crippen MR) is 112 cm³/mol. The number of esters is 2. The van der Waals surface area contributed by atoms with Gasteiger partial charge >= 0.3 is 11.9 Å². The van der Waals surface area contributed by atoms with Gasteiger partial charge in [0.1, 0.15) is 17.0 Å². The highest BCUT2D eigenvalue weighted by Crippen LogP contribution is 2.64. The Bertz CT molecular complexity index is 694. The molecule has 6 unspecified atom stereocenters. The molecule has 6 atom stereocenters. The summed E-state index contributed by atoms with van der Waals surface area (Å²) in [6.45, 7) is 11.3. The van der Waals surface area contributed by atoms with Gasteiger partial charge in [0.25, 0.3) is 0 Å². The first-order valence-electron chi connectivity index (χ1n) is 11.8. The van der Waals surface area contributed by atoms with E-state index in [1.807, 2.05) is 41.5 Å². The van der Waals surface area contributed by atoms with E-state index in [1.165, 1.54) is 0 Å². The standard InChI is InChI=1S/C25H38O5/c1-22(2,3)29-20(27)24-9-7-15(13-24)11-17(24)19(26)18-12-16-8-10-25(18,14-16)21(28)30-23(4,5)6/h15-18H,7-14H2,1-6H3. The molecule has 4 saturated carbocycles. The highest BCUT2D eigenvalue weighted by molar-refractivity contribution is 5.96. The normalized spacial score (nSPS) is 39.9. The molecule has 168 valence electrons. The van der Waals surface area contributed by atoms with Crippen molar-refractivity contribution in [1.82, 2.24) is 0 Å². The quantitative estimate of drug-likeness (QED) is 0.610. The molecular formula is C25H38O5. The van der Waals surface area contributed by atoms with E-state index >= 15 is 0 Å². The zero-order valence-electron chi connectivity index (χ0n) is 19.5. The van der Waals surface area contributed by atoms with E-state index in [9.17, 15) is 14.4 Å². The van der Waals surface area contributed by atoms with Crippen LogP contribution in [0.15, 0.2) is 0 Å². The van der Waals surface area contributed by atoms with Gasteiger partial charge in [-0.05, 0) is 105 Å². The van der Waals surface area contributed by atoms with Crippen LogP contribution in [-0.2, 0) is 23.9 Å². The summed E-state index contributed by atoms with van der Waals surface area (Å²) in [6.07, 6.45) is 6.51. The number of carbonyl (C=O) groups excluding carboxylic acids is 3. The molecule has 4 fully saturated rings. The Morgan fingerprint density at radius 2 is 1.07 bits per heavy atom. The van der Waals surface area contributed by atoms with E-state index in [4.69, 9.17) is 9.47 Å². The van der Waals surface area contributed by atoms with Crippen molar-refractivity contribution in [2.24, 2.45) is 34.5 Å². The van der Waals surface area contributed by atoms with Crippen molar-refractivity contribution in [2.75, 3.05) is 0 Å². The largest absolute Gasteiger partial charge is 0.460 e. The second-order valence-corrected chi connectivity index (χ2v) is 12.5. The summed E-state index contributed by atoms with van der Waals surface area (Å²) in [5.41, 5.74) is -2.51. The van der Waals surface area contributed by atoms with Gasteiger partial charge in [0.15, 0.2) is 0 Å². The third-order valence-corrected chi connectivity index (χ3v) is 8.07. The molecule has 0 radical (unpaired) electrons. The first-order chi connectivity index (χ1) is 13.8. The van der Waals surface area contributed by atoms with Crippen LogP contribution in [0.3, 0.4) is 0 Å². The third kappa shape index (κ3) is 3.50. The Hall–Kier alpha value is -1.39. The second kappa shape index (κ2) is 6.80. The molecule has 4 bridgehead atoms. The summed E-state index contributed by atoms with van der Waals surface area (Å²) in [7, 11) is 0. The molecule has 30 heavy (non-hydrogen) atoms. The first kappa shape index (κ1) is 21.8. The van der Waals surface area contributed by atoms with E-state index in [2.05, 4.69) is 0 Å². The van der Waals surface area contributed by atoms with Gasteiger partial charge in [-0.25, -0.2) is 0 Å². The SMILES string of the molecule is CC(C)(C)OC(=O)C12CCC(CC1C(=O)C1CC3CCC1(C(=O)OC(C)(C)C)C3)C2. The summed E-state index contributed by atoms with van der Waals surface area (Å²) in [5, 5.41) is 0. The van der Waals surface area contributed by atoms with Crippen LogP contribution in [0.2, 0.25) is 0 Å². The van der Waals surface area contributed by atoms with Crippen molar-refractivity contribution in [1.29, 1.82) is 0 Å². The van der Waals surface area contributed by atoms with Gasteiger partial charge in [-0.3, -0.25) is 14.4 Å². The Balaban J connectivity index is 1.60. The Morgan fingerprint density at radius 1 is 0.700 bits per heavy atom. The van der Waals surface area contributed by atoms with Crippen molar-refractivity contribution in [3.8, 4) is 0 Å². The molecule has 4 aliphatic carbocycles. The number of hydrogen-bond donors (Lipinski definition) is 0. The molecule has 0 aromatic rings. The van der Waals surface area contributed by atoms with Crippen molar-refractivity contribution >= 4 is 17.7 Å². The fourth-order valence-electron chi connectivity index (χ4n) is 6.95. The fraction of sp³-hybridized carbons (Fsp3) is 0.880. The highest BCUT2D eigenvalue weighted by Gasteiger charge is 2.66. The van der Waals surface area contributed by atoms with Crippen LogP contribution >= 0.6 is 0 Å². The minimum absolute atomic E-state index is 0.135. The molecule has 0 heterocycles. The molecule has 4 rings (SSSR count). The average Bonchev–Trinajstić information content (AvgIpc) is 3.36. The molecule has 0 aliphatic heterocycles. The molecule has 4 aliphatic rings. The van der Waals surface area contributed by atoms with Gasteiger partial charge in [0, 0.05) is 11.8 Å². The first-order valence-corrected chi connectivity index (χ1v) is 11.8. The zero-order chi connectivity index (χ0) is 22.1. The van der Waals surface area contributed by atoms with Gasteiger partial charge < -0.3 is 9.47 Å². The maximum absolute atomic E-state index is 14.0. The number of rotatable bonds is 4. The Morgan fingerprint density at radius 3 is 1.37 bits per heavy atom. The lowest BCUT2D eigenvalue weighted by molar-refractivity contribution is -0.176. The number of ketones is 1. The van der Waals surface area contributed by atoms with Crippen molar-refractivity contribution in [3.63, 3.8) is 0 Å². The topological polar surface area (TPSA) is 69.7 Å². The Kier molecular flexibility index (Phi) is 4.95. The molecule has 0 N–H and O–H groups in total. The molecule has 0 saturated heterocycles. The summed E-state index contributed by atoms with van der Waals surface area (Å²) >= 11 is 0. The molecule has 0 amide bonds. The highest BCUT2D eigenvalue weighted by atomic mass is 16.6. The molecule has 0 aromatic carbocycles. The van der Waals surface area contributed by atoms with Crippen molar-refractivity contribution < 1.29 is 23.9 Å². The lowest BCUT2D eigenvalue weighted by atomic mass is 9.64. The van der Waals surface area contributed by atoms with Crippen LogP contribution in [0.4, 0.5) is 0 Å². The van der Waals surface area contributed by atoms with Crippen LogP contribution in [-0.4, -0.2) is 28.9 Å². The van der Waals surface area contributed by atoms with Gasteiger partial charge in [-0.2, -0.15) is 0 Å². The maximum Gasteiger partial charge on any atom is 0.313 e. The van der Waals surface area contributed by atoms with E-state index in [0.717, 1.165) is 51.4 Å². The summed E-state index contributed by atoms with van der Waals surface area (Å²) in [4.78, 5) is 40.5. The lowest BCUT2D eigenvalue weighted by Crippen LogP contribution is -2.49. The van der Waals surface area contributed by atoms with Gasteiger partial charge in [-0.15, -0.1) is 0 Å². The summed E-state index contributed by atoms with van der Waals surface area (Å²) in [6, 6.07) is 0. The zero-order valence-corrected chi connectivity index (χ0v) is 19.5. The number of hydrogen-bond acceptors (Lipinski definition) is 5. The number of fused-ring (bicyclic) bond motifs is 4. The van der Waals surface area contributed by atoms with Gasteiger partial charge in [-0.1, -0.05) is 0 Å². The molecule has 0 aromatic heterocycles. The van der Waals surface area contributed by atoms with Crippen LogP contribution in [0, 0.1) is 34.5 Å². The molecular weight excluding hydrogens is 380 g/mol. The predicted octanol–water partition coefficient (Wildman–Crippen LogP) is 4.85. The van der Waals surface area contributed by atoms with E-state index in [1.54, 1.807) is 0 Å². The second-order valence-electron chi connectivity index (χ2n) is 12.5. The third-order valence-electron chi connectivity index (χ3n) is 8.07.